The number of carbonyl (C=O) groups excluding carboxylic acids is 3. The number of benzene rings is 1. The maximum Gasteiger partial charge on any atom is 0.338 e. The number of hydrogen-bond donors (Lipinski definition) is 2. The van der Waals surface area contributed by atoms with Gasteiger partial charge in [-0.15, -0.1) is 0 Å². The van der Waals surface area contributed by atoms with Crippen molar-refractivity contribution >= 4 is 17.8 Å². The quantitative estimate of drug-likeness (QED) is 0.486. The van der Waals surface area contributed by atoms with Crippen LogP contribution in [0.25, 0.3) is 0 Å². The van der Waals surface area contributed by atoms with Crippen LogP contribution < -0.4 is 11.1 Å². The molecule has 0 bridgehead atoms. The Labute approximate surface area is 192 Å². The molecule has 2 aliphatic heterocycles. The molecule has 176 valence electrons. The number of carbonyl (C=O) groups is 3. The number of amides is 2. The number of nitrogens with zero attached hydrogens (tertiary/aromatic N) is 2. The van der Waals surface area contributed by atoms with E-state index in [0.717, 1.165) is 30.5 Å². The SMILES string of the molecule is CCn1nc(CCCOC(=O)c2cccc(C(N)=O)c2)c2c1C(=O)NCC1(CCOCC1)C2. The summed E-state index contributed by atoms with van der Waals surface area (Å²) >= 11 is 0. The van der Waals surface area contributed by atoms with Crippen LogP contribution in [0.5, 0.6) is 0 Å². The van der Waals surface area contributed by atoms with Gasteiger partial charge in [0.25, 0.3) is 5.91 Å². The van der Waals surface area contributed by atoms with Gasteiger partial charge in [-0.2, -0.15) is 5.10 Å². The van der Waals surface area contributed by atoms with E-state index in [1.807, 2.05) is 6.92 Å². The highest BCUT2D eigenvalue weighted by atomic mass is 16.5. The van der Waals surface area contributed by atoms with Crippen LogP contribution in [0.3, 0.4) is 0 Å². The molecule has 3 N–H and O–H groups in total. The zero-order chi connectivity index (χ0) is 23.4. The van der Waals surface area contributed by atoms with Crippen molar-refractivity contribution in [3.63, 3.8) is 0 Å². The van der Waals surface area contributed by atoms with Crippen LogP contribution in [0.15, 0.2) is 24.3 Å². The van der Waals surface area contributed by atoms with Gasteiger partial charge in [0.1, 0.15) is 5.69 Å². The van der Waals surface area contributed by atoms with E-state index < -0.39 is 11.9 Å². The predicted octanol–water partition coefficient (Wildman–Crippen LogP) is 1.87. The van der Waals surface area contributed by atoms with Gasteiger partial charge in [0.05, 0.1) is 17.9 Å². The second kappa shape index (κ2) is 9.74. The molecule has 2 amide bonds. The van der Waals surface area contributed by atoms with Gasteiger partial charge in [0.15, 0.2) is 0 Å². The minimum atomic E-state index is -0.594. The van der Waals surface area contributed by atoms with Gasteiger partial charge in [-0.05, 0) is 62.6 Å². The summed E-state index contributed by atoms with van der Waals surface area (Å²) in [6, 6.07) is 6.17. The summed E-state index contributed by atoms with van der Waals surface area (Å²) < 4.78 is 12.7. The van der Waals surface area contributed by atoms with E-state index in [1.54, 1.807) is 22.9 Å². The monoisotopic (exact) mass is 454 g/mol. The number of esters is 1. The average molecular weight is 455 g/mol. The van der Waals surface area contributed by atoms with Crippen molar-refractivity contribution in [1.29, 1.82) is 0 Å². The van der Waals surface area contributed by atoms with E-state index in [0.29, 0.717) is 44.8 Å². The molecule has 9 heteroatoms. The Morgan fingerprint density at radius 3 is 2.76 bits per heavy atom. The van der Waals surface area contributed by atoms with E-state index in [-0.39, 0.29) is 29.1 Å². The van der Waals surface area contributed by atoms with Crippen LogP contribution in [0.1, 0.15) is 68.6 Å². The van der Waals surface area contributed by atoms with Gasteiger partial charge < -0.3 is 20.5 Å². The van der Waals surface area contributed by atoms with Gasteiger partial charge in [0, 0.05) is 37.4 Å². The first-order valence-corrected chi connectivity index (χ1v) is 11.4. The Balaban J connectivity index is 1.44. The first-order valence-electron chi connectivity index (χ1n) is 11.4. The first-order chi connectivity index (χ1) is 15.9. The third-order valence-electron chi connectivity index (χ3n) is 6.55. The molecule has 3 heterocycles. The summed E-state index contributed by atoms with van der Waals surface area (Å²) in [7, 11) is 0. The van der Waals surface area contributed by atoms with Crippen molar-refractivity contribution in [3.8, 4) is 0 Å². The number of hydrogen-bond acceptors (Lipinski definition) is 6. The molecule has 1 aromatic heterocycles. The third kappa shape index (κ3) is 4.93. The summed E-state index contributed by atoms with van der Waals surface area (Å²) in [6.07, 6.45) is 3.78. The zero-order valence-electron chi connectivity index (χ0n) is 18.9. The summed E-state index contributed by atoms with van der Waals surface area (Å²) in [5.41, 5.74) is 8.36. The van der Waals surface area contributed by atoms with Crippen LogP contribution >= 0.6 is 0 Å². The lowest BCUT2D eigenvalue weighted by Gasteiger charge is -2.36. The Morgan fingerprint density at radius 2 is 2.03 bits per heavy atom. The van der Waals surface area contributed by atoms with Crippen molar-refractivity contribution < 1.29 is 23.9 Å². The van der Waals surface area contributed by atoms with E-state index in [9.17, 15) is 14.4 Å². The van der Waals surface area contributed by atoms with Crippen molar-refractivity contribution in [2.45, 2.75) is 45.6 Å². The summed E-state index contributed by atoms with van der Waals surface area (Å²) in [4.78, 5) is 36.5. The smallest absolute Gasteiger partial charge is 0.338 e. The highest BCUT2D eigenvalue weighted by Crippen LogP contribution is 2.37. The zero-order valence-corrected chi connectivity index (χ0v) is 18.9. The van der Waals surface area contributed by atoms with Crippen LogP contribution in [-0.2, 0) is 28.9 Å². The van der Waals surface area contributed by atoms with E-state index >= 15 is 0 Å². The fourth-order valence-electron chi connectivity index (χ4n) is 4.65. The maximum absolute atomic E-state index is 12.9. The number of nitrogens with one attached hydrogen (secondary N) is 1. The number of nitrogens with two attached hydrogens (primary N) is 1. The van der Waals surface area contributed by atoms with Gasteiger partial charge in [-0.1, -0.05) is 6.07 Å². The van der Waals surface area contributed by atoms with Crippen molar-refractivity contribution in [2.75, 3.05) is 26.4 Å². The fourth-order valence-corrected chi connectivity index (χ4v) is 4.65. The maximum atomic E-state index is 12.9. The molecular weight excluding hydrogens is 424 g/mol. The van der Waals surface area contributed by atoms with Crippen LogP contribution in [0.4, 0.5) is 0 Å². The molecule has 1 saturated heterocycles. The second-order valence-corrected chi connectivity index (χ2v) is 8.75. The molecule has 4 rings (SSSR count). The number of fused-ring (bicyclic) bond motifs is 1. The van der Waals surface area contributed by atoms with E-state index in [2.05, 4.69) is 5.32 Å². The van der Waals surface area contributed by atoms with E-state index in [4.69, 9.17) is 20.3 Å². The van der Waals surface area contributed by atoms with Crippen LogP contribution in [-0.4, -0.2) is 53.9 Å². The van der Waals surface area contributed by atoms with Crippen LogP contribution in [0.2, 0.25) is 0 Å². The Kier molecular flexibility index (Phi) is 6.78. The normalized spacial score (nSPS) is 17.2. The third-order valence-corrected chi connectivity index (χ3v) is 6.55. The number of rotatable bonds is 7. The Bertz CT molecular complexity index is 1060. The average Bonchev–Trinajstić information content (AvgIpc) is 3.10. The lowest BCUT2D eigenvalue weighted by atomic mass is 9.75. The van der Waals surface area contributed by atoms with Gasteiger partial charge >= 0.3 is 5.97 Å². The van der Waals surface area contributed by atoms with Crippen molar-refractivity contribution in [2.24, 2.45) is 11.1 Å². The molecule has 1 fully saturated rings. The molecule has 33 heavy (non-hydrogen) atoms. The van der Waals surface area contributed by atoms with Gasteiger partial charge in [-0.3, -0.25) is 14.3 Å². The minimum absolute atomic E-state index is 0.00652. The lowest BCUT2D eigenvalue weighted by Crippen LogP contribution is -2.40. The Hall–Kier alpha value is -3.20. The molecule has 1 spiro atoms. The highest BCUT2D eigenvalue weighted by molar-refractivity contribution is 5.97. The minimum Gasteiger partial charge on any atom is -0.462 e. The molecule has 9 nitrogen and oxygen atoms in total. The van der Waals surface area contributed by atoms with Gasteiger partial charge in [-0.25, -0.2) is 4.79 Å². The van der Waals surface area contributed by atoms with E-state index in [1.165, 1.54) is 6.07 Å². The number of ether oxygens (including phenoxy) is 2. The summed E-state index contributed by atoms with van der Waals surface area (Å²) in [5.74, 6) is -1.17. The molecule has 0 atom stereocenters. The molecule has 0 radical (unpaired) electrons. The first kappa shape index (κ1) is 23.0. The molecule has 0 unspecified atom stereocenters. The molecule has 0 saturated carbocycles. The summed E-state index contributed by atoms with van der Waals surface area (Å²) in [6.45, 7) is 4.84. The lowest BCUT2D eigenvalue weighted by molar-refractivity contribution is 0.0160. The highest BCUT2D eigenvalue weighted by Gasteiger charge is 2.39. The largest absolute Gasteiger partial charge is 0.462 e. The van der Waals surface area contributed by atoms with Crippen molar-refractivity contribution in [1.82, 2.24) is 15.1 Å². The summed E-state index contributed by atoms with van der Waals surface area (Å²) in [5, 5.41) is 7.82. The molecule has 0 aliphatic carbocycles. The topological polar surface area (TPSA) is 126 Å². The standard InChI is InChI=1S/C24H30N4O5/c1-2-28-20-18(14-24(15-26-22(20)30)8-11-32-12-9-24)19(27-28)7-4-10-33-23(31)17-6-3-5-16(13-17)21(25)29/h3,5-6,13H,2,4,7-12,14-15H2,1H3,(H2,25,29)(H,26,30). The number of aromatic nitrogens is 2. The predicted molar refractivity (Wildman–Crippen MR) is 120 cm³/mol. The Morgan fingerprint density at radius 1 is 1.27 bits per heavy atom. The number of primary amides is 1. The molecular formula is C24H30N4O5. The fraction of sp³-hybridized carbons (Fsp3) is 0.500. The number of aryl methyl sites for hydroxylation is 2. The van der Waals surface area contributed by atoms with Crippen molar-refractivity contribution in [3.05, 3.63) is 52.3 Å². The molecule has 2 aliphatic rings. The second-order valence-electron chi connectivity index (χ2n) is 8.75. The molecule has 1 aromatic carbocycles. The van der Waals surface area contributed by atoms with Gasteiger partial charge in [0.2, 0.25) is 5.91 Å². The van der Waals surface area contributed by atoms with Crippen LogP contribution in [0, 0.1) is 5.41 Å². The molecule has 2 aromatic rings.